The molecule has 0 radical (unpaired) electrons. The summed E-state index contributed by atoms with van der Waals surface area (Å²) in [5, 5.41) is 13.6. The van der Waals surface area contributed by atoms with Crippen LogP contribution in [0.15, 0.2) is 28.8 Å². The first-order valence-corrected chi connectivity index (χ1v) is 5.89. The molecule has 0 aliphatic heterocycles. The number of benzene rings is 1. The van der Waals surface area contributed by atoms with Gasteiger partial charge in [-0.1, -0.05) is 30.3 Å². The highest BCUT2D eigenvalue weighted by molar-refractivity contribution is 5.35. The molecule has 0 saturated carbocycles. The van der Waals surface area contributed by atoms with Crippen molar-refractivity contribution in [2.24, 2.45) is 0 Å². The van der Waals surface area contributed by atoms with E-state index in [9.17, 15) is 5.11 Å². The lowest BCUT2D eigenvalue weighted by Crippen LogP contribution is -2.03. The van der Waals surface area contributed by atoms with Gasteiger partial charge in [0.2, 0.25) is 11.7 Å². The highest BCUT2D eigenvalue weighted by Gasteiger charge is 2.12. The molecule has 0 spiro atoms. The number of aliphatic hydroxyl groups is 1. The van der Waals surface area contributed by atoms with Gasteiger partial charge in [0.05, 0.1) is 6.10 Å². The molecule has 0 saturated heterocycles. The van der Waals surface area contributed by atoms with Gasteiger partial charge in [-0.15, -0.1) is 0 Å². The third-order valence-corrected chi connectivity index (χ3v) is 2.59. The second-order valence-corrected chi connectivity index (χ2v) is 3.98. The lowest BCUT2D eigenvalue weighted by molar-refractivity contribution is 0.165. The predicted molar refractivity (Wildman–Crippen MR) is 65.1 cm³/mol. The molecule has 1 aromatic carbocycles. The Bertz CT molecular complexity index is 510. The molecule has 0 unspecified atom stereocenters. The van der Waals surface area contributed by atoms with Crippen LogP contribution in [-0.2, 0) is 6.61 Å². The second-order valence-electron chi connectivity index (χ2n) is 3.98. The molecule has 5 heteroatoms. The van der Waals surface area contributed by atoms with Crippen molar-refractivity contribution >= 4 is 0 Å². The molecule has 18 heavy (non-hydrogen) atoms. The van der Waals surface area contributed by atoms with E-state index in [1.165, 1.54) is 0 Å². The van der Waals surface area contributed by atoms with Gasteiger partial charge in [-0.2, -0.15) is 4.98 Å². The molecule has 0 amide bonds. The molecular formula is C13H16N2O3. The fraction of sp³-hybridized carbons (Fsp3) is 0.385. The van der Waals surface area contributed by atoms with Crippen molar-refractivity contribution in [1.82, 2.24) is 10.1 Å². The lowest BCUT2D eigenvalue weighted by atomic mass is 10.1. The highest BCUT2D eigenvalue weighted by Crippen LogP contribution is 2.27. The van der Waals surface area contributed by atoms with Crippen LogP contribution in [0.4, 0.5) is 0 Å². The number of aryl methyl sites for hydroxylation is 1. The summed E-state index contributed by atoms with van der Waals surface area (Å²) in [7, 11) is 0. The summed E-state index contributed by atoms with van der Waals surface area (Å²) in [6.07, 6.45) is 0.120. The van der Waals surface area contributed by atoms with E-state index in [1.54, 1.807) is 6.92 Å². The van der Waals surface area contributed by atoms with Gasteiger partial charge in [-0.05, 0) is 12.5 Å². The third-order valence-electron chi connectivity index (χ3n) is 2.59. The number of aromatic nitrogens is 2. The van der Waals surface area contributed by atoms with E-state index in [0.29, 0.717) is 23.9 Å². The van der Waals surface area contributed by atoms with Crippen molar-refractivity contribution in [1.29, 1.82) is 0 Å². The number of nitrogens with zero attached hydrogens (tertiary/aromatic N) is 2. The standard InChI is InChI=1S/C13H16N2O3/c1-3-11(16)10-6-4-5-7-12(10)17-8-13-14-9(2)18-15-13/h4-7,11,16H,3,8H2,1-2H3/t11-/m0/s1. The SMILES string of the molecule is CC[C@H](O)c1ccccc1OCc1noc(C)n1. The number of rotatable bonds is 5. The first-order chi connectivity index (χ1) is 8.70. The monoisotopic (exact) mass is 248 g/mol. The second kappa shape index (κ2) is 5.64. The summed E-state index contributed by atoms with van der Waals surface area (Å²) in [5.74, 6) is 1.65. The Hall–Kier alpha value is -1.88. The molecule has 2 rings (SSSR count). The lowest BCUT2D eigenvalue weighted by Gasteiger charge is -2.13. The molecule has 0 aliphatic carbocycles. The van der Waals surface area contributed by atoms with E-state index < -0.39 is 6.10 Å². The maximum absolute atomic E-state index is 9.88. The summed E-state index contributed by atoms with van der Waals surface area (Å²) in [6.45, 7) is 3.88. The van der Waals surface area contributed by atoms with Crippen LogP contribution in [0.5, 0.6) is 5.75 Å². The zero-order valence-electron chi connectivity index (χ0n) is 10.5. The minimum atomic E-state index is -0.520. The molecule has 0 bridgehead atoms. The van der Waals surface area contributed by atoms with Gasteiger partial charge in [0.1, 0.15) is 5.75 Å². The van der Waals surface area contributed by atoms with Crippen LogP contribution in [0.2, 0.25) is 0 Å². The summed E-state index contributed by atoms with van der Waals surface area (Å²) < 4.78 is 10.5. The molecule has 0 aliphatic rings. The summed E-state index contributed by atoms with van der Waals surface area (Å²) in [5.41, 5.74) is 0.778. The van der Waals surface area contributed by atoms with Crippen LogP contribution < -0.4 is 4.74 Å². The molecule has 0 fully saturated rings. The van der Waals surface area contributed by atoms with Gasteiger partial charge in [0, 0.05) is 12.5 Å². The van der Waals surface area contributed by atoms with Gasteiger partial charge in [0.25, 0.3) is 0 Å². The topological polar surface area (TPSA) is 68.4 Å². The molecule has 5 nitrogen and oxygen atoms in total. The number of para-hydroxylation sites is 1. The number of aliphatic hydroxyl groups excluding tert-OH is 1. The van der Waals surface area contributed by atoms with Crippen LogP contribution in [0.3, 0.4) is 0 Å². The van der Waals surface area contributed by atoms with Crippen molar-refractivity contribution in [3.63, 3.8) is 0 Å². The van der Waals surface area contributed by atoms with E-state index in [4.69, 9.17) is 9.26 Å². The van der Waals surface area contributed by atoms with Crippen molar-refractivity contribution < 1.29 is 14.4 Å². The molecule has 1 N–H and O–H groups in total. The fourth-order valence-corrected chi connectivity index (χ4v) is 1.65. The van der Waals surface area contributed by atoms with Gasteiger partial charge in [-0.3, -0.25) is 0 Å². The maximum Gasteiger partial charge on any atom is 0.223 e. The van der Waals surface area contributed by atoms with Gasteiger partial charge >= 0.3 is 0 Å². The zero-order valence-corrected chi connectivity index (χ0v) is 10.5. The summed E-state index contributed by atoms with van der Waals surface area (Å²) in [6, 6.07) is 7.41. The Morgan fingerprint density at radius 2 is 2.17 bits per heavy atom. The van der Waals surface area contributed by atoms with Crippen molar-refractivity contribution in [3.05, 3.63) is 41.5 Å². The first-order valence-electron chi connectivity index (χ1n) is 5.89. The molecule has 1 aromatic heterocycles. The number of ether oxygens (including phenoxy) is 1. The van der Waals surface area contributed by atoms with Crippen LogP contribution in [0.25, 0.3) is 0 Å². The van der Waals surface area contributed by atoms with Crippen molar-refractivity contribution in [2.75, 3.05) is 0 Å². The largest absolute Gasteiger partial charge is 0.485 e. The van der Waals surface area contributed by atoms with E-state index in [1.807, 2.05) is 31.2 Å². The van der Waals surface area contributed by atoms with Gasteiger partial charge in [-0.25, -0.2) is 0 Å². The number of hydrogen-bond acceptors (Lipinski definition) is 5. The summed E-state index contributed by atoms with van der Waals surface area (Å²) in [4.78, 5) is 4.06. The Morgan fingerprint density at radius 3 is 2.83 bits per heavy atom. The average molecular weight is 248 g/mol. The maximum atomic E-state index is 9.88. The molecule has 1 atom stereocenters. The normalized spacial score (nSPS) is 12.4. The van der Waals surface area contributed by atoms with E-state index in [-0.39, 0.29) is 6.61 Å². The molecule has 96 valence electrons. The van der Waals surface area contributed by atoms with Crippen molar-refractivity contribution in [3.8, 4) is 5.75 Å². The van der Waals surface area contributed by atoms with Gasteiger partial charge < -0.3 is 14.4 Å². The van der Waals surface area contributed by atoms with E-state index >= 15 is 0 Å². The fourth-order valence-electron chi connectivity index (χ4n) is 1.65. The van der Waals surface area contributed by atoms with Crippen LogP contribution in [-0.4, -0.2) is 15.2 Å². The van der Waals surface area contributed by atoms with E-state index in [0.717, 1.165) is 5.56 Å². The van der Waals surface area contributed by atoms with E-state index in [2.05, 4.69) is 10.1 Å². The minimum Gasteiger partial charge on any atom is -0.485 e. The number of hydrogen-bond donors (Lipinski definition) is 1. The minimum absolute atomic E-state index is 0.227. The average Bonchev–Trinajstić information content (AvgIpc) is 2.81. The Morgan fingerprint density at radius 1 is 1.39 bits per heavy atom. The third kappa shape index (κ3) is 2.87. The molecule has 2 aromatic rings. The first kappa shape index (κ1) is 12.6. The van der Waals surface area contributed by atoms with Crippen LogP contribution in [0.1, 0.15) is 36.7 Å². The predicted octanol–water partition coefficient (Wildman–Crippen LogP) is 2.40. The zero-order chi connectivity index (χ0) is 13.0. The van der Waals surface area contributed by atoms with Crippen LogP contribution >= 0.6 is 0 Å². The Kier molecular flexibility index (Phi) is 3.94. The van der Waals surface area contributed by atoms with Gasteiger partial charge in [0.15, 0.2) is 6.61 Å². The Balaban J connectivity index is 2.09. The quantitative estimate of drug-likeness (QED) is 0.879. The molecular weight excluding hydrogens is 232 g/mol. The van der Waals surface area contributed by atoms with Crippen LogP contribution in [0, 0.1) is 6.92 Å². The molecule has 1 heterocycles. The Labute approximate surface area is 105 Å². The summed E-state index contributed by atoms with van der Waals surface area (Å²) >= 11 is 0. The smallest absolute Gasteiger partial charge is 0.223 e. The highest BCUT2D eigenvalue weighted by atomic mass is 16.5. The van der Waals surface area contributed by atoms with Crippen molar-refractivity contribution in [2.45, 2.75) is 33.0 Å².